The van der Waals surface area contributed by atoms with Gasteiger partial charge in [-0.2, -0.15) is 5.10 Å². The Morgan fingerprint density at radius 3 is 2.87 bits per heavy atom. The van der Waals surface area contributed by atoms with Crippen LogP contribution in [0.25, 0.3) is 32.9 Å². The highest BCUT2D eigenvalue weighted by Gasteiger charge is 2.21. The van der Waals surface area contributed by atoms with E-state index in [9.17, 15) is 4.79 Å². The van der Waals surface area contributed by atoms with Gasteiger partial charge >= 0.3 is 0 Å². The fraction of sp³-hybridized carbons (Fsp3) is 0.348. The van der Waals surface area contributed by atoms with Crippen LogP contribution in [-0.4, -0.2) is 40.1 Å². The van der Waals surface area contributed by atoms with Crippen molar-refractivity contribution >= 4 is 21.8 Å². The van der Waals surface area contributed by atoms with Gasteiger partial charge in [-0.15, -0.1) is 0 Å². The minimum absolute atomic E-state index is 0.136. The molecule has 0 amide bonds. The summed E-state index contributed by atoms with van der Waals surface area (Å²) in [5, 5.41) is 6.12. The second kappa shape index (κ2) is 7.25. The zero-order chi connectivity index (χ0) is 20.8. The predicted octanol–water partition coefficient (Wildman–Crippen LogP) is 3.92. The molecule has 7 nitrogen and oxygen atoms in total. The molecule has 1 unspecified atom stereocenters. The molecule has 4 heterocycles. The van der Waals surface area contributed by atoms with Gasteiger partial charge in [0.2, 0.25) is 5.88 Å². The van der Waals surface area contributed by atoms with Crippen LogP contribution in [-0.2, 0) is 4.74 Å². The van der Waals surface area contributed by atoms with E-state index in [0.29, 0.717) is 17.9 Å². The van der Waals surface area contributed by atoms with Crippen molar-refractivity contribution in [3.8, 4) is 17.0 Å². The highest BCUT2D eigenvalue weighted by atomic mass is 16.5. The third-order valence-corrected chi connectivity index (χ3v) is 5.84. The quantitative estimate of drug-likeness (QED) is 0.560. The number of benzene rings is 1. The van der Waals surface area contributed by atoms with Crippen molar-refractivity contribution in [1.82, 2.24) is 19.7 Å². The lowest BCUT2D eigenvalue weighted by Gasteiger charge is -2.23. The van der Waals surface area contributed by atoms with E-state index in [1.807, 2.05) is 36.7 Å². The van der Waals surface area contributed by atoms with Crippen LogP contribution in [0.1, 0.15) is 30.1 Å². The Bertz CT molecular complexity index is 1320. The lowest BCUT2D eigenvalue weighted by molar-refractivity contribution is 0.0565. The molecule has 30 heavy (non-hydrogen) atoms. The first kappa shape index (κ1) is 18.8. The first-order chi connectivity index (χ1) is 14.6. The van der Waals surface area contributed by atoms with Crippen LogP contribution in [0.15, 0.2) is 35.3 Å². The SMILES string of the molecule is COc1nc(C)cc(C)c1-c1ccc2c(c1)[nH]c(=O)c1cnn(C3CCCOC3)c12. The van der Waals surface area contributed by atoms with Crippen LogP contribution < -0.4 is 10.3 Å². The largest absolute Gasteiger partial charge is 0.481 e. The van der Waals surface area contributed by atoms with Gasteiger partial charge < -0.3 is 14.5 Å². The molecular formula is C23H24N4O3. The molecule has 1 aliphatic heterocycles. The van der Waals surface area contributed by atoms with E-state index in [1.54, 1.807) is 13.3 Å². The number of aromatic nitrogens is 4. The third-order valence-electron chi connectivity index (χ3n) is 5.84. The number of aryl methyl sites for hydroxylation is 2. The average Bonchev–Trinajstić information content (AvgIpc) is 3.19. The maximum atomic E-state index is 12.8. The summed E-state index contributed by atoms with van der Waals surface area (Å²) in [6.07, 6.45) is 3.65. The van der Waals surface area contributed by atoms with E-state index >= 15 is 0 Å². The number of nitrogens with one attached hydrogen (secondary N) is 1. The number of methoxy groups -OCH3 is 1. The first-order valence-corrected chi connectivity index (χ1v) is 10.2. The highest BCUT2D eigenvalue weighted by Crippen LogP contribution is 2.35. The molecule has 7 heteroatoms. The van der Waals surface area contributed by atoms with Gasteiger partial charge in [0.05, 0.1) is 42.4 Å². The molecule has 1 fully saturated rings. The molecule has 1 aliphatic rings. The minimum atomic E-state index is -0.136. The summed E-state index contributed by atoms with van der Waals surface area (Å²) in [7, 11) is 1.63. The Morgan fingerprint density at radius 2 is 2.10 bits per heavy atom. The Morgan fingerprint density at radius 1 is 1.23 bits per heavy atom. The number of nitrogens with zero attached hydrogens (tertiary/aromatic N) is 3. The van der Waals surface area contributed by atoms with Gasteiger partial charge in [0, 0.05) is 23.3 Å². The molecule has 0 bridgehead atoms. The maximum absolute atomic E-state index is 12.8. The van der Waals surface area contributed by atoms with Gasteiger partial charge in [-0.05, 0) is 49.9 Å². The molecule has 1 atom stereocenters. The molecule has 1 N–H and O–H groups in total. The van der Waals surface area contributed by atoms with Crippen LogP contribution in [0, 0.1) is 13.8 Å². The fourth-order valence-corrected chi connectivity index (χ4v) is 4.49. The number of fused-ring (bicyclic) bond motifs is 3. The van der Waals surface area contributed by atoms with Gasteiger partial charge in [-0.1, -0.05) is 12.1 Å². The van der Waals surface area contributed by atoms with E-state index < -0.39 is 0 Å². The van der Waals surface area contributed by atoms with Crippen LogP contribution in [0.3, 0.4) is 0 Å². The van der Waals surface area contributed by atoms with E-state index in [-0.39, 0.29) is 11.6 Å². The van der Waals surface area contributed by atoms with E-state index in [4.69, 9.17) is 9.47 Å². The zero-order valence-electron chi connectivity index (χ0n) is 17.4. The number of ether oxygens (including phenoxy) is 2. The molecular weight excluding hydrogens is 380 g/mol. The Hall–Kier alpha value is -3.19. The predicted molar refractivity (Wildman–Crippen MR) is 116 cm³/mol. The molecule has 4 aromatic rings. The van der Waals surface area contributed by atoms with Gasteiger partial charge in [0.1, 0.15) is 0 Å². The summed E-state index contributed by atoms with van der Waals surface area (Å²) in [4.78, 5) is 20.3. The molecule has 154 valence electrons. The van der Waals surface area contributed by atoms with Crippen molar-refractivity contribution in [2.75, 3.05) is 20.3 Å². The number of H-pyrrole nitrogens is 1. The topological polar surface area (TPSA) is 82.0 Å². The van der Waals surface area contributed by atoms with Crippen LogP contribution in [0.4, 0.5) is 0 Å². The normalized spacial score (nSPS) is 17.0. The number of aromatic amines is 1. The summed E-state index contributed by atoms with van der Waals surface area (Å²) >= 11 is 0. The molecule has 1 aromatic carbocycles. The van der Waals surface area contributed by atoms with Gasteiger partial charge in [-0.25, -0.2) is 4.98 Å². The number of hydrogen-bond donors (Lipinski definition) is 1. The van der Waals surface area contributed by atoms with Gasteiger partial charge in [-0.3, -0.25) is 9.48 Å². The summed E-state index contributed by atoms with van der Waals surface area (Å²) in [6, 6.07) is 8.27. The number of rotatable bonds is 3. The summed E-state index contributed by atoms with van der Waals surface area (Å²) in [5.41, 5.74) is 5.36. The second-order valence-corrected chi connectivity index (χ2v) is 7.90. The van der Waals surface area contributed by atoms with Crippen molar-refractivity contribution in [1.29, 1.82) is 0 Å². The molecule has 0 radical (unpaired) electrons. The molecule has 1 saturated heterocycles. The molecule has 0 aliphatic carbocycles. The highest BCUT2D eigenvalue weighted by molar-refractivity contribution is 6.04. The van der Waals surface area contributed by atoms with E-state index in [1.165, 1.54) is 0 Å². The van der Waals surface area contributed by atoms with Crippen LogP contribution >= 0.6 is 0 Å². The third kappa shape index (κ3) is 2.97. The molecule has 5 rings (SSSR count). The zero-order valence-corrected chi connectivity index (χ0v) is 17.4. The smallest absolute Gasteiger partial charge is 0.259 e. The molecule has 0 saturated carbocycles. The van der Waals surface area contributed by atoms with Gasteiger partial charge in [0.15, 0.2) is 0 Å². The fourth-order valence-electron chi connectivity index (χ4n) is 4.49. The summed E-state index contributed by atoms with van der Waals surface area (Å²) < 4.78 is 13.2. The Kier molecular flexibility index (Phi) is 4.55. The lowest BCUT2D eigenvalue weighted by atomic mass is 9.99. The second-order valence-electron chi connectivity index (χ2n) is 7.90. The van der Waals surface area contributed by atoms with Crippen molar-refractivity contribution in [2.24, 2.45) is 0 Å². The average molecular weight is 404 g/mol. The molecule has 3 aromatic heterocycles. The van der Waals surface area contributed by atoms with Gasteiger partial charge in [0.25, 0.3) is 5.56 Å². The Labute approximate surface area is 173 Å². The van der Waals surface area contributed by atoms with Crippen molar-refractivity contribution < 1.29 is 9.47 Å². The maximum Gasteiger partial charge on any atom is 0.259 e. The van der Waals surface area contributed by atoms with Crippen molar-refractivity contribution in [2.45, 2.75) is 32.7 Å². The van der Waals surface area contributed by atoms with Crippen molar-refractivity contribution in [3.05, 3.63) is 52.1 Å². The Balaban J connectivity index is 1.73. The summed E-state index contributed by atoms with van der Waals surface area (Å²) in [6.45, 7) is 5.39. The first-order valence-electron chi connectivity index (χ1n) is 10.2. The monoisotopic (exact) mass is 404 g/mol. The van der Waals surface area contributed by atoms with Crippen LogP contribution in [0.2, 0.25) is 0 Å². The van der Waals surface area contributed by atoms with E-state index in [0.717, 1.165) is 58.3 Å². The number of hydrogen-bond acceptors (Lipinski definition) is 5. The standard InChI is InChI=1S/C23H24N4O3/c1-13-9-14(2)25-23(29-3)20(13)15-6-7-17-19(10-15)26-22(28)18-11-24-27(21(17)18)16-5-4-8-30-12-16/h6-7,9-11,16H,4-5,8,12H2,1-3H3,(H,26,28). The number of pyridine rings is 2. The molecule has 0 spiro atoms. The summed E-state index contributed by atoms with van der Waals surface area (Å²) in [5.74, 6) is 0.583. The minimum Gasteiger partial charge on any atom is -0.481 e. The van der Waals surface area contributed by atoms with Crippen molar-refractivity contribution in [3.63, 3.8) is 0 Å². The lowest BCUT2D eigenvalue weighted by Crippen LogP contribution is -2.22. The van der Waals surface area contributed by atoms with E-state index in [2.05, 4.69) is 21.1 Å². The van der Waals surface area contributed by atoms with Crippen LogP contribution in [0.5, 0.6) is 5.88 Å².